The quantitative estimate of drug-likeness (QED) is 0.581. The molecule has 0 heterocycles. The fourth-order valence-electron chi connectivity index (χ4n) is 0.423. The molecular formula is C9H13N. The first-order chi connectivity index (χ1) is 4.91. The number of allylic oxidation sites excluding steroid dienone is 6. The Morgan fingerprint density at radius 3 is 2.20 bits per heavy atom. The van der Waals surface area contributed by atoms with Crippen molar-refractivity contribution in [3.8, 4) is 0 Å². The molecule has 0 fully saturated rings. The van der Waals surface area contributed by atoms with Gasteiger partial charge in [0.1, 0.15) is 0 Å². The van der Waals surface area contributed by atoms with Crippen LogP contribution in [-0.2, 0) is 0 Å². The highest BCUT2D eigenvalue weighted by Gasteiger charge is 1.59. The molecule has 0 atom stereocenters. The van der Waals surface area contributed by atoms with E-state index in [1.165, 1.54) is 0 Å². The van der Waals surface area contributed by atoms with Gasteiger partial charge in [0, 0.05) is 7.05 Å². The van der Waals surface area contributed by atoms with Crippen molar-refractivity contribution >= 4 is 0 Å². The van der Waals surface area contributed by atoms with E-state index in [1.807, 2.05) is 43.6 Å². The van der Waals surface area contributed by atoms with E-state index < -0.39 is 0 Å². The van der Waals surface area contributed by atoms with Crippen molar-refractivity contribution in [2.75, 3.05) is 7.05 Å². The second-order valence-electron chi connectivity index (χ2n) is 1.65. The number of rotatable bonds is 4. The smallest absolute Gasteiger partial charge is 0.00277 e. The van der Waals surface area contributed by atoms with E-state index in [4.69, 9.17) is 0 Å². The zero-order valence-electron chi connectivity index (χ0n) is 6.25. The zero-order valence-corrected chi connectivity index (χ0v) is 6.25. The fraction of sp³-hybridized carbons (Fsp3) is 0.111. The Balaban J connectivity index is 3.46. The highest BCUT2D eigenvalue weighted by Crippen LogP contribution is 1.78. The van der Waals surface area contributed by atoms with Gasteiger partial charge in [0.15, 0.2) is 0 Å². The summed E-state index contributed by atoms with van der Waals surface area (Å²) in [6, 6.07) is 0. The molecule has 0 bridgehead atoms. The summed E-state index contributed by atoms with van der Waals surface area (Å²) >= 11 is 0. The lowest BCUT2D eigenvalue weighted by atomic mass is 10.4. The van der Waals surface area contributed by atoms with Gasteiger partial charge < -0.3 is 5.32 Å². The Kier molecular flexibility index (Phi) is 6.80. The van der Waals surface area contributed by atoms with E-state index in [0.29, 0.717) is 0 Å². The molecule has 1 nitrogen and oxygen atoms in total. The summed E-state index contributed by atoms with van der Waals surface area (Å²) in [5.74, 6) is 0. The van der Waals surface area contributed by atoms with Crippen molar-refractivity contribution in [1.29, 1.82) is 0 Å². The first kappa shape index (κ1) is 8.76. The molecule has 10 heavy (non-hydrogen) atoms. The minimum Gasteiger partial charge on any atom is -0.394 e. The molecular weight excluding hydrogens is 122 g/mol. The number of nitrogens with one attached hydrogen (secondary N) is 1. The maximum absolute atomic E-state index is 3.54. The van der Waals surface area contributed by atoms with E-state index in [1.54, 1.807) is 6.08 Å². The van der Waals surface area contributed by atoms with Crippen LogP contribution in [-0.4, -0.2) is 7.05 Å². The lowest BCUT2D eigenvalue weighted by Gasteiger charge is -1.78. The van der Waals surface area contributed by atoms with Crippen molar-refractivity contribution in [2.45, 2.75) is 0 Å². The molecule has 0 aromatic rings. The van der Waals surface area contributed by atoms with Crippen molar-refractivity contribution < 1.29 is 0 Å². The minimum atomic E-state index is 1.74. The third-order valence-corrected chi connectivity index (χ3v) is 0.843. The van der Waals surface area contributed by atoms with Crippen molar-refractivity contribution in [1.82, 2.24) is 5.32 Å². The molecule has 0 rings (SSSR count). The molecule has 0 saturated carbocycles. The molecule has 0 aliphatic rings. The van der Waals surface area contributed by atoms with Crippen molar-refractivity contribution in [3.63, 3.8) is 0 Å². The van der Waals surface area contributed by atoms with Crippen molar-refractivity contribution in [3.05, 3.63) is 49.2 Å². The molecule has 0 aromatic carbocycles. The second-order valence-corrected chi connectivity index (χ2v) is 1.65. The van der Waals surface area contributed by atoms with Gasteiger partial charge in [-0.2, -0.15) is 0 Å². The van der Waals surface area contributed by atoms with E-state index >= 15 is 0 Å². The molecule has 0 aliphatic carbocycles. The van der Waals surface area contributed by atoms with Gasteiger partial charge in [0.25, 0.3) is 0 Å². The minimum absolute atomic E-state index is 1.74. The first-order valence-corrected chi connectivity index (χ1v) is 3.20. The summed E-state index contributed by atoms with van der Waals surface area (Å²) in [5, 5.41) is 2.88. The van der Waals surface area contributed by atoms with Crippen LogP contribution in [0.25, 0.3) is 0 Å². The fourth-order valence-corrected chi connectivity index (χ4v) is 0.423. The summed E-state index contributed by atoms with van der Waals surface area (Å²) < 4.78 is 0. The molecule has 1 heteroatoms. The van der Waals surface area contributed by atoms with Crippen LogP contribution in [0.2, 0.25) is 0 Å². The Hall–Kier alpha value is -1.24. The highest BCUT2D eigenvalue weighted by molar-refractivity contribution is 5.13. The van der Waals surface area contributed by atoms with E-state index in [-0.39, 0.29) is 0 Å². The van der Waals surface area contributed by atoms with Gasteiger partial charge in [-0.25, -0.2) is 0 Å². The third kappa shape index (κ3) is 6.76. The molecule has 0 spiro atoms. The Morgan fingerprint density at radius 2 is 1.60 bits per heavy atom. The summed E-state index contributed by atoms with van der Waals surface area (Å²) in [6.45, 7) is 3.54. The molecule has 0 amide bonds. The van der Waals surface area contributed by atoms with Crippen LogP contribution in [0.5, 0.6) is 0 Å². The summed E-state index contributed by atoms with van der Waals surface area (Å²) in [4.78, 5) is 0. The van der Waals surface area contributed by atoms with E-state index in [0.717, 1.165) is 0 Å². The normalized spacial score (nSPS) is 11.7. The standard InChI is InChI=1S/C9H13N/c1-3-4-5-6-7-8-9-10-2/h3-10H,1H2,2H3/b5-4-,7-6-,9-8+. The zero-order chi connectivity index (χ0) is 7.66. The molecule has 0 unspecified atom stereocenters. The summed E-state index contributed by atoms with van der Waals surface area (Å²) in [7, 11) is 1.86. The van der Waals surface area contributed by atoms with Crippen molar-refractivity contribution in [2.24, 2.45) is 0 Å². The monoisotopic (exact) mass is 135 g/mol. The lowest BCUT2D eigenvalue weighted by molar-refractivity contribution is 1.10. The second kappa shape index (κ2) is 7.76. The van der Waals surface area contributed by atoms with Crippen LogP contribution >= 0.6 is 0 Å². The first-order valence-electron chi connectivity index (χ1n) is 3.20. The largest absolute Gasteiger partial charge is 0.394 e. The van der Waals surface area contributed by atoms with E-state index in [9.17, 15) is 0 Å². The van der Waals surface area contributed by atoms with Crippen LogP contribution in [0.3, 0.4) is 0 Å². The lowest BCUT2D eigenvalue weighted by Crippen LogP contribution is -1.89. The average Bonchev–Trinajstić information content (AvgIpc) is 1.97. The van der Waals surface area contributed by atoms with Gasteiger partial charge in [0.2, 0.25) is 0 Å². The van der Waals surface area contributed by atoms with Crippen LogP contribution in [0.1, 0.15) is 0 Å². The molecule has 0 radical (unpaired) electrons. The van der Waals surface area contributed by atoms with E-state index in [2.05, 4.69) is 11.9 Å². The SMILES string of the molecule is C=C\C=C/C=C\C=C\NC. The summed E-state index contributed by atoms with van der Waals surface area (Å²) in [6.07, 6.45) is 13.2. The Morgan fingerprint density at radius 1 is 1.00 bits per heavy atom. The van der Waals surface area contributed by atoms with Crippen LogP contribution in [0, 0.1) is 0 Å². The molecule has 1 N–H and O–H groups in total. The van der Waals surface area contributed by atoms with Gasteiger partial charge in [0.05, 0.1) is 0 Å². The van der Waals surface area contributed by atoms with Crippen LogP contribution < -0.4 is 5.32 Å². The Labute approximate surface area is 62.5 Å². The predicted octanol–water partition coefficient (Wildman–Crippen LogP) is 2.02. The molecule has 0 aromatic heterocycles. The van der Waals surface area contributed by atoms with Crippen LogP contribution in [0.15, 0.2) is 49.2 Å². The topological polar surface area (TPSA) is 12.0 Å². The Bertz CT molecular complexity index is 152. The molecule has 0 saturated heterocycles. The van der Waals surface area contributed by atoms with Gasteiger partial charge in [-0.1, -0.05) is 37.0 Å². The van der Waals surface area contributed by atoms with Gasteiger partial charge in [-0.15, -0.1) is 0 Å². The number of hydrogen-bond acceptors (Lipinski definition) is 1. The van der Waals surface area contributed by atoms with Gasteiger partial charge >= 0.3 is 0 Å². The summed E-state index contributed by atoms with van der Waals surface area (Å²) in [5.41, 5.74) is 0. The van der Waals surface area contributed by atoms with Gasteiger partial charge in [-0.3, -0.25) is 0 Å². The highest BCUT2D eigenvalue weighted by atomic mass is 14.8. The third-order valence-electron chi connectivity index (χ3n) is 0.843. The average molecular weight is 135 g/mol. The maximum atomic E-state index is 3.54. The maximum Gasteiger partial charge on any atom is 0.00277 e. The predicted molar refractivity (Wildman–Crippen MR) is 46.7 cm³/mol. The molecule has 54 valence electrons. The number of hydrogen-bond donors (Lipinski definition) is 1. The van der Waals surface area contributed by atoms with Gasteiger partial charge in [-0.05, 0) is 12.3 Å². The van der Waals surface area contributed by atoms with Crippen LogP contribution in [0.4, 0.5) is 0 Å². The molecule has 0 aliphatic heterocycles.